The zero-order valence-electron chi connectivity index (χ0n) is 15.3. The SMILES string of the molecule is O=C(O)c1ccccc1-c1ccc(C=NNc2nc(-c3ccccc3)cs2)cc1. The summed E-state index contributed by atoms with van der Waals surface area (Å²) in [6.45, 7) is 0. The molecule has 0 radical (unpaired) electrons. The molecular weight excluding hydrogens is 382 g/mol. The number of nitrogens with one attached hydrogen (secondary N) is 1. The Labute approximate surface area is 172 Å². The zero-order chi connectivity index (χ0) is 20.1. The van der Waals surface area contributed by atoms with Gasteiger partial charge in [-0.1, -0.05) is 72.8 Å². The smallest absolute Gasteiger partial charge is 0.336 e. The van der Waals surface area contributed by atoms with Crippen molar-refractivity contribution in [1.29, 1.82) is 0 Å². The van der Waals surface area contributed by atoms with E-state index in [1.54, 1.807) is 24.4 Å². The van der Waals surface area contributed by atoms with Gasteiger partial charge in [0.25, 0.3) is 0 Å². The van der Waals surface area contributed by atoms with Gasteiger partial charge in [0.1, 0.15) is 0 Å². The predicted octanol–water partition coefficient (Wildman–Crippen LogP) is 5.62. The molecule has 0 unspecified atom stereocenters. The Morgan fingerprint density at radius 2 is 1.66 bits per heavy atom. The van der Waals surface area contributed by atoms with E-state index in [-0.39, 0.29) is 5.56 Å². The first-order valence-electron chi connectivity index (χ1n) is 8.93. The second-order valence-electron chi connectivity index (χ2n) is 6.25. The fourth-order valence-electron chi connectivity index (χ4n) is 2.90. The van der Waals surface area contributed by atoms with E-state index in [1.807, 2.05) is 66.0 Å². The molecule has 142 valence electrons. The number of nitrogens with zero attached hydrogens (tertiary/aromatic N) is 2. The fraction of sp³-hybridized carbons (Fsp3) is 0. The summed E-state index contributed by atoms with van der Waals surface area (Å²) in [4.78, 5) is 15.9. The normalized spacial score (nSPS) is 10.9. The van der Waals surface area contributed by atoms with Crippen LogP contribution in [0.15, 0.2) is 89.3 Å². The van der Waals surface area contributed by atoms with Gasteiger partial charge < -0.3 is 5.11 Å². The van der Waals surface area contributed by atoms with Gasteiger partial charge in [-0.25, -0.2) is 9.78 Å². The summed E-state index contributed by atoms with van der Waals surface area (Å²) < 4.78 is 0. The van der Waals surface area contributed by atoms with Gasteiger partial charge in [-0.2, -0.15) is 5.10 Å². The average Bonchev–Trinajstić information content (AvgIpc) is 3.24. The van der Waals surface area contributed by atoms with Crippen LogP contribution in [0.4, 0.5) is 5.13 Å². The Kier molecular flexibility index (Phi) is 5.45. The lowest BCUT2D eigenvalue weighted by molar-refractivity contribution is 0.0697. The molecule has 1 heterocycles. The van der Waals surface area contributed by atoms with Gasteiger partial charge in [-0.05, 0) is 22.8 Å². The quantitative estimate of drug-likeness (QED) is 0.326. The minimum atomic E-state index is -0.936. The lowest BCUT2D eigenvalue weighted by Crippen LogP contribution is -1.99. The Morgan fingerprint density at radius 1 is 0.931 bits per heavy atom. The number of carboxylic acids is 1. The second-order valence-corrected chi connectivity index (χ2v) is 7.10. The number of hydrogen-bond donors (Lipinski definition) is 2. The Morgan fingerprint density at radius 3 is 2.41 bits per heavy atom. The molecule has 4 aromatic rings. The first kappa shape index (κ1) is 18.6. The van der Waals surface area contributed by atoms with Crippen molar-refractivity contribution in [1.82, 2.24) is 4.98 Å². The van der Waals surface area contributed by atoms with Crippen LogP contribution in [0.25, 0.3) is 22.4 Å². The largest absolute Gasteiger partial charge is 0.478 e. The van der Waals surface area contributed by atoms with Crippen molar-refractivity contribution in [3.8, 4) is 22.4 Å². The van der Waals surface area contributed by atoms with Crippen LogP contribution in [0.2, 0.25) is 0 Å². The summed E-state index contributed by atoms with van der Waals surface area (Å²) in [5.41, 5.74) is 7.66. The number of rotatable bonds is 6. The molecule has 2 N–H and O–H groups in total. The number of anilines is 1. The molecule has 0 atom stereocenters. The molecule has 3 aromatic carbocycles. The summed E-state index contributed by atoms with van der Waals surface area (Å²) in [7, 11) is 0. The van der Waals surface area contributed by atoms with Crippen molar-refractivity contribution in [3.05, 3.63) is 95.4 Å². The summed E-state index contributed by atoms with van der Waals surface area (Å²) in [5.74, 6) is -0.936. The average molecular weight is 399 g/mol. The first-order valence-corrected chi connectivity index (χ1v) is 9.81. The van der Waals surface area contributed by atoms with E-state index in [0.717, 1.165) is 22.4 Å². The maximum absolute atomic E-state index is 11.4. The van der Waals surface area contributed by atoms with Crippen molar-refractivity contribution >= 4 is 28.7 Å². The summed E-state index contributed by atoms with van der Waals surface area (Å²) >= 11 is 1.49. The van der Waals surface area contributed by atoms with E-state index in [9.17, 15) is 9.90 Å². The third-order valence-corrected chi connectivity index (χ3v) is 5.07. The van der Waals surface area contributed by atoms with Crippen LogP contribution in [0.5, 0.6) is 0 Å². The molecule has 29 heavy (non-hydrogen) atoms. The number of carbonyl (C=O) groups is 1. The van der Waals surface area contributed by atoms with E-state index in [2.05, 4.69) is 15.5 Å². The molecule has 0 bridgehead atoms. The summed E-state index contributed by atoms with van der Waals surface area (Å²) in [6.07, 6.45) is 1.70. The molecule has 0 fully saturated rings. The van der Waals surface area contributed by atoms with Gasteiger partial charge in [0.05, 0.1) is 17.5 Å². The Hall–Kier alpha value is -3.77. The van der Waals surface area contributed by atoms with Crippen LogP contribution in [-0.2, 0) is 0 Å². The standard InChI is InChI=1S/C23H17N3O2S/c27-22(28)20-9-5-4-8-19(20)17-12-10-16(11-13-17)14-24-26-23-25-21(15-29-23)18-6-2-1-3-7-18/h1-15H,(H,25,26)(H,27,28). The molecule has 4 rings (SSSR count). The highest BCUT2D eigenvalue weighted by Gasteiger charge is 2.10. The lowest BCUT2D eigenvalue weighted by Gasteiger charge is -2.06. The number of aromatic nitrogens is 1. The maximum atomic E-state index is 11.4. The molecule has 0 aliphatic rings. The van der Waals surface area contributed by atoms with Gasteiger partial charge in [0, 0.05) is 10.9 Å². The molecule has 0 saturated carbocycles. The van der Waals surface area contributed by atoms with Gasteiger partial charge in [0.2, 0.25) is 5.13 Å². The highest BCUT2D eigenvalue weighted by atomic mass is 32.1. The monoisotopic (exact) mass is 399 g/mol. The van der Waals surface area contributed by atoms with Crippen LogP contribution in [0, 0.1) is 0 Å². The van der Waals surface area contributed by atoms with Gasteiger partial charge in [-0.3, -0.25) is 5.43 Å². The minimum absolute atomic E-state index is 0.286. The summed E-state index contributed by atoms with van der Waals surface area (Å²) in [5, 5.41) is 16.3. The number of hydrazone groups is 1. The van der Waals surface area contributed by atoms with E-state index in [0.29, 0.717) is 10.7 Å². The van der Waals surface area contributed by atoms with Crippen molar-refractivity contribution in [2.75, 3.05) is 5.43 Å². The number of carboxylic acid groups (broad SMARTS) is 1. The van der Waals surface area contributed by atoms with E-state index >= 15 is 0 Å². The molecule has 5 nitrogen and oxygen atoms in total. The zero-order valence-corrected chi connectivity index (χ0v) is 16.1. The molecular formula is C23H17N3O2S. The van der Waals surface area contributed by atoms with Gasteiger partial charge in [-0.15, -0.1) is 11.3 Å². The molecule has 0 aliphatic carbocycles. The number of hydrogen-bond acceptors (Lipinski definition) is 5. The molecule has 0 amide bonds. The first-order chi connectivity index (χ1) is 14.2. The van der Waals surface area contributed by atoms with Crippen molar-refractivity contribution in [2.45, 2.75) is 0 Å². The van der Waals surface area contributed by atoms with Gasteiger partial charge in [0.15, 0.2) is 0 Å². The summed E-state index contributed by atoms with van der Waals surface area (Å²) in [6, 6.07) is 24.5. The number of benzene rings is 3. The van der Waals surface area contributed by atoms with Crippen molar-refractivity contribution in [3.63, 3.8) is 0 Å². The Bertz CT molecular complexity index is 1150. The van der Waals surface area contributed by atoms with Gasteiger partial charge >= 0.3 is 5.97 Å². The van der Waals surface area contributed by atoms with E-state index < -0.39 is 5.97 Å². The third-order valence-electron chi connectivity index (χ3n) is 4.33. The number of aromatic carboxylic acids is 1. The molecule has 0 saturated heterocycles. The van der Waals surface area contributed by atoms with Crippen LogP contribution in [-0.4, -0.2) is 22.3 Å². The highest BCUT2D eigenvalue weighted by Crippen LogP contribution is 2.25. The maximum Gasteiger partial charge on any atom is 0.336 e. The predicted molar refractivity (Wildman–Crippen MR) is 118 cm³/mol. The van der Waals surface area contributed by atoms with E-state index in [4.69, 9.17) is 0 Å². The fourth-order valence-corrected chi connectivity index (χ4v) is 3.57. The van der Waals surface area contributed by atoms with Crippen LogP contribution < -0.4 is 5.43 Å². The lowest BCUT2D eigenvalue weighted by atomic mass is 9.99. The highest BCUT2D eigenvalue weighted by molar-refractivity contribution is 7.14. The third kappa shape index (κ3) is 4.39. The second kappa shape index (κ2) is 8.50. The minimum Gasteiger partial charge on any atom is -0.478 e. The molecule has 0 spiro atoms. The van der Waals surface area contributed by atoms with Crippen molar-refractivity contribution < 1.29 is 9.90 Å². The van der Waals surface area contributed by atoms with Crippen LogP contribution in [0.1, 0.15) is 15.9 Å². The van der Waals surface area contributed by atoms with Crippen molar-refractivity contribution in [2.24, 2.45) is 5.10 Å². The van der Waals surface area contributed by atoms with Crippen LogP contribution in [0.3, 0.4) is 0 Å². The molecule has 6 heteroatoms. The number of thiazole rings is 1. The topological polar surface area (TPSA) is 74.6 Å². The Balaban J connectivity index is 1.44. The molecule has 1 aromatic heterocycles. The van der Waals surface area contributed by atoms with Crippen LogP contribution >= 0.6 is 11.3 Å². The van der Waals surface area contributed by atoms with E-state index in [1.165, 1.54) is 11.3 Å². The molecule has 0 aliphatic heterocycles.